The van der Waals surface area contributed by atoms with Crippen molar-refractivity contribution in [1.82, 2.24) is 29.9 Å². The van der Waals surface area contributed by atoms with E-state index >= 15 is 0 Å². The van der Waals surface area contributed by atoms with Crippen LogP contribution in [0.2, 0.25) is 0 Å². The summed E-state index contributed by atoms with van der Waals surface area (Å²) in [5, 5.41) is 12.2. The number of hydrogen-bond acceptors (Lipinski definition) is 12. The van der Waals surface area contributed by atoms with E-state index in [1.165, 1.54) is 0 Å². The molecule has 8 heterocycles. The first-order valence-corrected chi connectivity index (χ1v) is 42.0. The van der Waals surface area contributed by atoms with Gasteiger partial charge in [-0.05, 0) is 183 Å². The van der Waals surface area contributed by atoms with Crippen LogP contribution in [0.4, 0.5) is 0 Å². The van der Waals surface area contributed by atoms with Gasteiger partial charge in [-0.2, -0.15) is 0 Å². The monoisotopic (exact) mass is 1610 g/mol. The molecule has 0 unspecified atom stereocenters. The maximum atomic E-state index is 7.37. The van der Waals surface area contributed by atoms with Crippen LogP contribution in [0.15, 0.2) is 415 Å². The van der Waals surface area contributed by atoms with Crippen molar-refractivity contribution in [3.63, 3.8) is 0 Å². The Kier molecular flexibility index (Phi) is 15.8. The second-order valence-electron chi connectivity index (χ2n) is 32.3. The lowest BCUT2D eigenvalue weighted by atomic mass is 9.93. The average Bonchev–Trinajstić information content (AvgIpc) is 1.56. The highest BCUT2D eigenvalue weighted by atomic mass is 16.3. The van der Waals surface area contributed by atoms with Crippen LogP contribution < -0.4 is 0 Å². The highest BCUT2D eigenvalue weighted by Crippen LogP contribution is 2.48. The molecule has 0 saturated carbocycles. The van der Waals surface area contributed by atoms with Crippen molar-refractivity contribution in [2.24, 2.45) is 0 Å². The molecule has 0 aliphatic heterocycles. The Balaban J connectivity index is 0.607. The van der Waals surface area contributed by atoms with E-state index in [0.29, 0.717) is 40.5 Å². The number of nitrogens with zero attached hydrogens (tertiary/aromatic N) is 6. The lowest BCUT2D eigenvalue weighted by Crippen LogP contribution is -2.01. The Morgan fingerprint density at radius 1 is 0.119 bits per heavy atom. The van der Waals surface area contributed by atoms with Gasteiger partial charge >= 0.3 is 0 Å². The molecule has 12 nitrogen and oxygen atoms in total. The molecular weight excluding hydrogens is 1550 g/mol. The molecule has 126 heavy (non-hydrogen) atoms. The number of fused-ring (bicyclic) bond motifs is 18. The topological polar surface area (TPSA) is 156 Å². The molecule has 26 rings (SSSR count). The van der Waals surface area contributed by atoms with Crippen LogP contribution in [0.25, 0.3) is 278 Å². The second-order valence-corrected chi connectivity index (χ2v) is 32.3. The van der Waals surface area contributed by atoms with Crippen LogP contribution >= 0.6 is 0 Å². The molecule has 26 aromatic rings. The fraction of sp³-hybridized carbons (Fsp3) is 0. The molecule has 0 fully saturated rings. The van der Waals surface area contributed by atoms with E-state index < -0.39 is 0 Å². The lowest BCUT2D eigenvalue weighted by Gasteiger charge is -2.13. The van der Waals surface area contributed by atoms with Gasteiger partial charge < -0.3 is 26.5 Å². The summed E-state index contributed by atoms with van der Waals surface area (Å²) in [6, 6.07) is 134. The summed E-state index contributed by atoms with van der Waals surface area (Å²) in [5.74, 6) is 3.12. The van der Waals surface area contributed by atoms with E-state index in [-0.39, 0.29) is 0 Å². The number of rotatable bonds is 13. The molecule has 0 bridgehead atoms. The number of hydrogen-bond donors (Lipinski definition) is 0. The molecule has 12 heteroatoms. The number of furan rings is 6. The van der Waals surface area contributed by atoms with Crippen LogP contribution in [0.1, 0.15) is 0 Å². The maximum Gasteiger partial charge on any atom is 0.164 e. The summed E-state index contributed by atoms with van der Waals surface area (Å²) in [7, 11) is 0. The predicted molar refractivity (Wildman–Crippen MR) is 508 cm³/mol. The Bertz CT molecular complexity index is 8890. The van der Waals surface area contributed by atoms with Gasteiger partial charge in [0.25, 0.3) is 0 Å². The number of benzene rings is 18. The first kappa shape index (κ1) is 70.6. The van der Waals surface area contributed by atoms with Gasteiger partial charge in [0, 0.05) is 120 Å². The third-order valence-electron chi connectivity index (χ3n) is 24.7. The van der Waals surface area contributed by atoms with Crippen molar-refractivity contribution in [2.75, 3.05) is 0 Å². The van der Waals surface area contributed by atoms with Gasteiger partial charge in [0.1, 0.15) is 67.0 Å². The molecule has 0 aliphatic rings. The van der Waals surface area contributed by atoms with Crippen molar-refractivity contribution >= 4 is 132 Å². The third kappa shape index (κ3) is 11.8. The molecule has 18 aromatic carbocycles. The quantitative estimate of drug-likeness (QED) is 0.108. The Morgan fingerprint density at radius 2 is 0.389 bits per heavy atom. The van der Waals surface area contributed by atoms with Gasteiger partial charge in [0.15, 0.2) is 34.9 Å². The normalized spacial score (nSPS) is 12.0. The predicted octanol–water partition coefficient (Wildman–Crippen LogP) is 31.1. The van der Waals surface area contributed by atoms with Crippen LogP contribution in [0.3, 0.4) is 0 Å². The van der Waals surface area contributed by atoms with Crippen LogP contribution in [-0.2, 0) is 0 Å². The Labute approximate surface area is 717 Å². The maximum absolute atomic E-state index is 7.37. The fourth-order valence-electron chi connectivity index (χ4n) is 18.7. The first-order valence-electron chi connectivity index (χ1n) is 42.0. The van der Waals surface area contributed by atoms with Crippen molar-refractivity contribution in [2.45, 2.75) is 0 Å². The van der Waals surface area contributed by atoms with E-state index in [4.69, 9.17) is 56.4 Å². The average molecular weight is 1610 g/mol. The van der Waals surface area contributed by atoms with Crippen molar-refractivity contribution < 1.29 is 26.5 Å². The van der Waals surface area contributed by atoms with Crippen molar-refractivity contribution in [1.29, 1.82) is 0 Å². The molecule has 0 saturated heterocycles. The van der Waals surface area contributed by atoms with Crippen LogP contribution in [0, 0.1) is 0 Å². The molecular formula is C114H64N6O6. The standard InChI is InChI=1S/C114H64N6O6/c1-3-22-65(23-4-1)109-115-111(119-113(117-109)79-55-74(68-47-50-102-94(60-68)86-32-9-12-41-97(86)121-102)54-75(56-79)69-48-51-103-95(61-69)87-33-10-13-42-98(87)122-103)72-28-17-26-67(52-72)76-62-93(108-96(63-76)88-34-11-16-45-101(88)125-108)71-46-49-89-92-40-21-37-83(107(92)126-104(89)64-71)78-57-77(82-36-20-39-91-85-31-8-15-44-100(85)124-106(82)91)58-80(59-78)114-118-110(66-24-5-2-6-25-66)116-112(120-114)73-29-18-27-70(53-73)81-35-19-38-90-84-30-7-14-43-99(84)123-105(81)90/h1-64H. The van der Waals surface area contributed by atoms with Crippen molar-refractivity contribution in [3.05, 3.63) is 388 Å². The van der Waals surface area contributed by atoms with Crippen LogP contribution in [0.5, 0.6) is 0 Å². The van der Waals surface area contributed by atoms with Crippen molar-refractivity contribution in [3.8, 4) is 146 Å². The summed E-state index contributed by atoms with van der Waals surface area (Å²) in [6.07, 6.45) is 0. The zero-order valence-corrected chi connectivity index (χ0v) is 67.1. The van der Waals surface area contributed by atoms with Crippen LogP contribution in [-0.4, -0.2) is 29.9 Å². The van der Waals surface area contributed by atoms with Gasteiger partial charge in [-0.1, -0.05) is 261 Å². The smallest absolute Gasteiger partial charge is 0.164 e. The minimum atomic E-state index is 0.490. The van der Waals surface area contributed by atoms with Gasteiger partial charge in [0.2, 0.25) is 0 Å². The number of para-hydroxylation sites is 8. The van der Waals surface area contributed by atoms with E-state index in [2.05, 4.69) is 261 Å². The highest BCUT2D eigenvalue weighted by molar-refractivity contribution is 6.17. The van der Waals surface area contributed by atoms with E-state index in [1.54, 1.807) is 0 Å². The molecule has 0 spiro atoms. The Hall–Kier alpha value is -17.2. The molecule has 586 valence electrons. The molecule has 0 atom stereocenters. The molecule has 0 amide bonds. The summed E-state index contributed by atoms with van der Waals surface area (Å²) < 4.78 is 40.5. The lowest BCUT2D eigenvalue weighted by molar-refractivity contribution is 0.668. The summed E-state index contributed by atoms with van der Waals surface area (Å²) in [5.41, 5.74) is 27.8. The highest BCUT2D eigenvalue weighted by Gasteiger charge is 2.26. The summed E-state index contributed by atoms with van der Waals surface area (Å²) >= 11 is 0. The largest absolute Gasteiger partial charge is 0.456 e. The SMILES string of the molecule is c1ccc(-c2nc(-c3cccc(-c4cc(-c5ccc6c(c5)oc5c(-c7cc(-c8nc(-c9ccccc9)nc(-c9cccc(-c%10cccc%11c%10oc%10ccccc%10%11)c9)n8)cc(-c8cccc9c8oc8ccccc89)c7)cccc56)c5oc6ccccc6c5c4)c3)nc(-c3cc(-c4ccc5oc6ccccc6c5c4)cc(-c4ccc5oc6ccccc6c5c4)c3)n2)cc1. The third-order valence-corrected chi connectivity index (χ3v) is 24.7. The summed E-state index contributed by atoms with van der Waals surface area (Å²) in [6.45, 7) is 0. The first-order chi connectivity index (χ1) is 62.3. The van der Waals surface area contributed by atoms with E-state index in [0.717, 1.165) is 237 Å². The molecule has 0 radical (unpaired) electrons. The fourth-order valence-corrected chi connectivity index (χ4v) is 18.7. The summed E-state index contributed by atoms with van der Waals surface area (Å²) in [4.78, 5) is 32.4. The van der Waals surface area contributed by atoms with E-state index in [9.17, 15) is 0 Å². The second kappa shape index (κ2) is 28.2. The van der Waals surface area contributed by atoms with Gasteiger partial charge in [-0.3, -0.25) is 0 Å². The van der Waals surface area contributed by atoms with Gasteiger partial charge in [-0.25, -0.2) is 29.9 Å². The van der Waals surface area contributed by atoms with Gasteiger partial charge in [0.05, 0.1) is 0 Å². The minimum Gasteiger partial charge on any atom is -0.456 e. The van der Waals surface area contributed by atoms with Gasteiger partial charge in [-0.15, -0.1) is 0 Å². The zero-order valence-electron chi connectivity index (χ0n) is 67.1. The minimum absolute atomic E-state index is 0.490. The molecule has 8 aromatic heterocycles. The van der Waals surface area contributed by atoms with E-state index in [1.807, 2.05) is 127 Å². The number of aromatic nitrogens is 6. The molecule has 0 N–H and O–H groups in total. The zero-order chi connectivity index (χ0) is 82.6. The Morgan fingerprint density at radius 3 is 0.873 bits per heavy atom. The molecule has 0 aliphatic carbocycles.